The van der Waals surface area contributed by atoms with E-state index in [0.29, 0.717) is 0 Å². The zero-order valence-electron chi connectivity index (χ0n) is 16.7. The maximum Gasteiger partial charge on any atom is 0.288 e. The molecular weight excluding hydrogens is 328 g/mol. The summed E-state index contributed by atoms with van der Waals surface area (Å²) in [6.45, 7) is 4.44. The summed E-state index contributed by atoms with van der Waals surface area (Å²) < 4.78 is 4.88. The van der Waals surface area contributed by atoms with Crippen molar-refractivity contribution >= 4 is 0 Å². The van der Waals surface area contributed by atoms with E-state index in [1.807, 2.05) is 0 Å². The first-order valence-corrected chi connectivity index (χ1v) is 10.6. The Labute approximate surface area is 164 Å². The summed E-state index contributed by atoms with van der Waals surface area (Å²) in [7, 11) is 0. The third kappa shape index (κ3) is 5.82. The van der Waals surface area contributed by atoms with Gasteiger partial charge in [0.05, 0.1) is 18.7 Å². The van der Waals surface area contributed by atoms with Crippen LogP contribution in [0.3, 0.4) is 0 Å². The van der Waals surface area contributed by atoms with Crippen LogP contribution in [0.2, 0.25) is 0 Å². The Kier molecular flexibility index (Phi) is 7.70. The first-order valence-electron chi connectivity index (χ1n) is 10.6. The number of rotatable bonds is 11. The Morgan fingerprint density at radius 1 is 0.778 bits per heavy atom. The second kappa shape index (κ2) is 10.7. The van der Waals surface area contributed by atoms with Crippen LogP contribution in [0.4, 0.5) is 0 Å². The van der Waals surface area contributed by atoms with Crippen molar-refractivity contribution in [3.8, 4) is 11.4 Å². The van der Waals surface area contributed by atoms with E-state index in [4.69, 9.17) is 0 Å². The summed E-state index contributed by atoms with van der Waals surface area (Å²) in [5.41, 5.74) is 2.74. The van der Waals surface area contributed by atoms with Crippen molar-refractivity contribution in [3.05, 3.63) is 78.6 Å². The molecule has 0 amide bonds. The van der Waals surface area contributed by atoms with Gasteiger partial charge in [0.1, 0.15) is 12.4 Å². The van der Waals surface area contributed by atoms with Crippen LogP contribution in [0.15, 0.2) is 73.1 Å². The Balaban J connectivity index is 1.67. The van der Waals surface area contributed by atoms with Gasteiger partial charge in [0.25, 0.3) is 5.82 Å². The predicted octanol–water partition coefficient (Wildman–Crippen LogP) is 6.05. The second-order valence-electron chi connectivity index (χ2n) is 7.38. The molecule has 2 aromatic carbocycles. The third-order valence-corrected chi connectivity index (χ3v) is 5.21. The monoisotopic (exact) mass is 361 g/mol. The largest absolute Gasteiger partial charge is 0.288 e. The number of hydrogen-bond acceptors (Lipinski definition) is 0. The lowest BCUT2D eigenvalue weighted by Gasteiger charge is -2.06. The number of imidazole rings is 1. The van der Waals surface area contributed by atoms with Gasteiger partial charge in [-0.1, -0.05) is 74.7 Å². The Morgan fingerprint density at radius 3 is 2.22 bits per heavy atom. The van der Waals surface area contributed by atoms with E-state index in [0.717, 1.165) is 25.9 Å². The molecule has 0 aliphatic rings. The molecule has 0 aliphatic heterocycles. The molecule has 0 saturated heterocycles. The molecule has 3 rings (SSSR count). The summed E-state index contributed by atoms with van der Waals surface area (Å²) in [6.07, 6.45) is 13.4. The maximum atomic E-state index is 2.45. The van der Waals surface area contributed by atoms with Gasteiger partial charge in [-0.15, -0.1) is 0 Å². The third-order valence-electron chi connectivity index (χ3n) is 5.21. The highest BCUT2D eigenvalue weighted by molar-refractivity contribution is 5.52. The number of aryl methyl sites for hydroxylation is 3. The topological polar surface area (TPSA) is 8.81 Å². The molecule has 0 saturated carbocycles. The fraction of sp³-hybridized carbons (Fsp3) is 0.400. The van der Waals surface area contributed by atoms with Gasteiger partial charge >= 0.3 is 0 Å². The van der Waals surface area contributed by atoms with Crippen molar-refractivity contribution in [1.29, 1.82) is 0 Å². The van der Waals surface area contributed by atoms with Gasteiger partial charge in [-0.05, 0) is 43.4 Å². The van der Waals surface area contributed by atoms with Crippen LogP contribution >= 0.6 is 0 Å². The summed E-state index contributed by atoms with van der Waals surface area (Å²) in [4.78, 5) is 0. The fourth-order valence-corrected chi connectivity index (χ4v) is 3.73. The van der Waals surface area contributed by atoms with Crippen LogP contribution in [0.1, 0.15) is 51.0 Å². The van der Waals surface area contributed by atoms with Crippen LogP contribution in [0.25, 0.3) is 11.4 Å². The molecule has 0 unspecified atom stereocenters. The van der Waals surface area contributed by atoms with E-state index in [2.05, 4.69) is 89.1 Å². The normalized spacial score (nSPS) is 11.0. The lowest BCUT2D eigenvalue weighted by atomic mass is 10.1. The molecule has 0 fully saturated rings. The highest BCUT2D eigenvalue weighted by Crippen LogP contribution is 2.17. The zero-order valence-corrected chi connectivity index (χ0v) is 16.7. The molecule has 0 aliphatic carbocycles. The van der Waals surface area contributed by atoms with Crippen molar-refractivity contribution in [1.82, 2.24) is 4.57 Å². The molecule has 0 spiro atoms. The fourth-order valence-electron chi connectivity index (χ4n) is 3.73. The minimum absolute atomic E-state index is 1.06. The number of aromatic nitrogens is 2. The smallest absolute Gasteiger partial charge is 0.230 e. The van der Waals surface area contributed by atoms with Gasteiger partial charge in [-0.2, -0.15) is 0 Å². The van der Waals surface area contributed by atoms with Crippen LogP contribution < -0.4 is 4.57 Å². The molecular formula is C25H33N2+. The van der Waals surface area contributed by atoms with E-state index in [1.54, 1.807) is 0 Å². The quantitative estimate of drug-likeness (QED) is 0.290. The molecule has 142 valence electrons. The molecule has 1 aromatic heterocycles. The highest BCUT2D eigenvalue weighted by Gasteiger charge is 2.18. The molecule has 0 radical (unpaired) electrons. The van der Waals surface area contributed by atoms with E-state index in [1.165, 1.54) is 49.1 Å². The number of benzene rings is 2. The summed E-state index contributed by atoms with van der Waals surface area (Å²) in [5.74, 6) is 1.35. The Morgan fingerprint density at radius 2 is 1.48 bits per heavy atom. The number of hydrogen-bond donors (Lipinski definition) is 0. The lowest BCUT2D eigenvalue weighted by molar-refractivity contribution is -0.685. The van der Waals surface area contributed by atoms with Crippen molar-refractivity contribution < 1.29 is 4.57 Å². The van der Waals surface area contributed by atoms with Gasteiger partial charge < -0.3 is 0 Å². The zero-order chi connectivity index (χ0) is 18.7. The van der Waals surface area contributed by atoms with Gasteiger partial charge in [-0.25, -0.2) is 9.13 Å². The van der Waals surface area contributed by atoms with Crippen LogP contribution in [0.5, 0.6) is 0 Å². The average Bonchev–Trinajstić information content (AvgIpc) is 3.12. The molecule has 3 aromatic rings. The number of nitrogens with zero attached hydrogens (tertiary/aromatic N) is 2. The highest BCUT2D eigenvalue weighted by atomic mass is 15.1. The first kappa shape index (κ1) is 19.4. The standard InChI is InChI=1S/C25H33N2/c1-2-3-4-5-12-19-26-21-22-27(25(26)24-17-10-7-11-18-24)20-13-16-23-14-8-6-9-15-23/h6-11,14-15,17-18,21-22H,2-5,12-13,16,19-20H2,1H3/q+1. The van der Waals surface area contributed by atoms with Gasteiger partial charge in [-0.3, -0.25) is 0 Å². The van der Waals surface area contributed by atoms with E-state index in [-0.39, 0.29) is 0 Å². The molecule has 2 heteroatoms. The molecule has 0 atom stereocenters. The summed E-state index contributed by atoms with van der Waals surface area (Å²) >= 11 is 0. The van der Waals surface area contributed by atoms with Crippen LogP contribution in [-0.4, -0.2) is 4.57 Å². The molecule has 27 heavy (non-hydrogen) atoms. The van der Waals surface area contributed by atoms with Crippen molar-refractivity contribution in [2.45, 2.75) is 65.0 Å². The van der Waals surface area contributed by atoms with Gasteiger partial charge in [0, 0.05) is 0 Å². The minimum Gasteiger partial charge on any atom is -0.230 e. The maximum absolute atomic E-state index is 2.45. The lowest BCUT2D eigenvalue weighted by Crippen LogP contribution is -2.35. The van der Waals surface area contributed by atoms with Gasteiger partial charge in [0.2, 0.25) is 0 Å². The van der Waals surface area contributed by atoms with E-state index < -0.39 is 0 Å². The van der Waals surface area contributed by atoms with Crippen LogP contribution in [-0.2, 0) is 19.5 Å². The molecule has 0 bridgehead atoms. The second-order valence-corrected chi connectivity index (χ2v) is 7.38. The van der Waals surface area contributed by atoms with Crippen LogP contribution in [0, 0.1) is 0 Å². The van der Waals surface area contributed by atoms with E-state index in [9.17, 15) is 0 Å². The van der Waals surface area contributed by atoms with Crippen molar-refractivity contribution in [3.63, 3.8) is 0 Å². The van der Waals surface area contributed by atoms with Crippen molar-refractivity contribution in [2.24, 2.45) is 0 Å². The molecule has 2 nitrogen and oxygen atoms in total. The van der Waals surface area contributed by atoms with Gasteiger partial charge in [0.15, 0.2) is 0 Å². The Hall–Kier alpha value is -2.35. The SMILES string of the molecule is CCCCCCCn1cc[n+](CCCc2ccccc2)c1-c1ccccc1. The molecule has 1 heterocycles. The first-order chi connectivity index (χ1) is 13.4. The summed E-state index contributed by atoms with van der Waals surface area (Å²) in [5, 5.41) is 0. The predicted molar refractivity (Wildman–Crippen MR) is 114 cm³/mol. The Bertz CT molecular complexity index is 775. The minimum atomic E-state index is 1.06. The average molecular weight is 362 g/mol. The van der Waals surface area contributed by atoms with E-state index >= 15 is 0 Å². The molecule has 0 N–H and O–H groups in total. The van der Waals surface area contributed by atoms with Crippen molar-refractivity contribution in [2.75, 3.05) is 0 Å². The number of unbranched alkanes of at least 4 members (excludes halogenated alkanes) is 4. The summed E-state index contributed by atoms with van der Waals surface area (Å²) in [6, 6.07) is 21.7.